The summed E-state index contributed by atoms with van der Waals surface area (Å²) in [5.74, 6) is 1.66. The molecule has 160 valence electrons. The van der Waals surface area contributed by atoms with Gasteiger partial charge in [-0.05, 0) is 67.6 Å². The summed E-state index contributed by atoms with van der Waals surface area (Å²) in [5.41, 5.74) is 2.29. The maximum atomic E-state index is 12.8. The number of fused-ring (bicyclic) bond motifs is 1. The predicted molar refractivity (Wildman–Crippen MR) is 119 cm³/mol. The van der Waals surface area contributed by atoms with Gasteiger partial charge in [-0.1, -0.05) is 30.3 Å². The highest BCUT2D eigenvalue weighted by atomic mass is 32.2. The number of phenols is 1. The van der Waals surface area contributed by atoms with Crippen LogP contribution in [0.15, 0.2) is 53.4 Å². The SMILES string of the molecule is O=C(CCN1CCC(Cc2ccc(O)cc2)CC1)N1CCS(=O)c2ccccc2C1. The molecule has 1 saturated heterocycles. The third kappa shape index (κ3) is 5.29. The molecule has 0 aliphatic carbocycles. The van der Waals surface area contributed by atoms with Crippen molar-refractivity contribution < 1.29 is 14.1 Å². The molecule has 0 spiro atoms. The Morgan fingerprint density at radius 3 is 2.53 bits per heavy atom. The number of hydrogen-bond acceptors (Lipinski definition) is 4. The van der Waals surface area contributed by atoms with Gasteiger partial charge in [0.05, 0.1) is 10.8 Å². The van der Waals surface area contributed by atoms with E-state index in [0.717, 1.165) is 49.4 Å². The Balaban J connectivity index is 1.23. The first-order chi connectivity index (χ1) is 14.6. The number of hydrogen-bond donors (Lipinski definition) is 1. The highest BCUT2D eigenvalue weighted by Crippen LogP contribution is 2.24. The molecular weight excluding hydrogens is 396 g/mol. The highest BCUT2D eigenvalue weighted by Gasteiger charge is 2.24. The molecule has 1 amide bonds. The van der Waals surface area contributed by atoms with Gasteiger partial charge in [0.1, 0.15) is 5.75 Å². The summed E-state index contributed by atoms with van der Waals surface area (Å²) in [5, 5.41) is 9.42. The van der Waals surface area contributed by atoms with E-state index in [2.05, 4.69) is 4.90 Å². The van der Waals surface area contributed by atoms with E-state index in [4.69, 9.17) is 0 Å². The molecular formula is C24H30N2O3S. The zero-order valence-corrected chi connectivity index (χ0v) is 18.2. The molecule has 4 rings (SSSR count). The van der Waals surface area contributed by atoms with Gasteiger partial charge in [0.2, 0.25) is 5.91 Å². The Bertz CT molecular complexity index is 892. The van der Waals surface area contributed by atoms with Crippen LogP contribution in [-0.4, -0.2) is 57.0 Å². The minimum atomic E-state index is -1.02. The summed E-state index contributed by atoms with van der Waals surface area (Å²) < 4.78 is 12.4. The van der Waals surface area contributed by atoms with Crippen LogP contribution in [0.3, 0.4) is 0 Å². The number of amides is 1. The Morgan fingerprint density at radius 2 is 1.77 bits per heavy atom. The van der Waals surface area contributed by atoms with E-state index in [1.165, 1.54) is 5.56 Å². The molecule has 2 aliphatic rings. The monoisotopic (exact) mass is 426 g/mol. The van der Waals surface area contributed by atoms with Crippen LogP contribution in [0.25, 0.3) is 0 Å². The van der Waals surface area contributed by atoms with Gasteiger partial charge in [-0.15, -0.1) is 0 Å². The number of phenolic OH excluding ortho intramolecular Hbond substituents is 1. The van der Waals surface area contributed by atoms with E-state index in [9.17, 15) is 14.1 Å². The zero-order valence-electron chi connectivity index (χ0n) is 17.3. The van der Waals surface area contributed by atoms with Crippen LogP contribution in [-0.2, 0) is 28.6 Å². The molecule has 0 bridgehead atoms. The quantitative estimate of drug-likeness (QED) is 0.798. The molecule has 2 heterocycles. The molecule has 2 aliphatic heterocycles. The van der Waals surface area contributed by atoms with Crippen LogP contribution in [0.4, 0.5) is 0 Å². The van der Waals surface area contributed by atoms with Crippen molar-refractivity contribution in [2.45, 2.75) is 37.1 Å². The fourth-order valence-corrected chi connectivity index (χ4v) is 5.71. The average Bonchev–Trinajstić information content (AvgIpc) is 2.94. The van der Waals surface area contributed by atoms with E-state index < -0.39 is 10.8 Å². The summed E-state index contributed by atoms with van der Waals surface area (Å²) in [7, 11) is -1.02. The Hall–Kier alpha value is -2.18. The van der Waals surface area contributed by atoms with Gasteiger partial charge in [-0.3, -0.25) is 9.00 Å². The van der Waals surface area contributed by atoms with Crippen molar-refractivity contribution in [2.24, 2.45) is 5.92 Å². The molecule has 6 heteroatoms. The summed E-state index contributed by atoms with van der Waals surface area (Å²) in [4.78, 5) is 18.0. The number of carbonyl (C=O) groups excluding carboxylic acids is 1. The smallest absolute Gasteiger partial charge is 0.224 e. The van der Waals surface area contributed by atoms with Crippen molar-refractivity contribution in [3.8, 4) is 5.75 Å². The first-order valence-electron chi connectivity index (χ1n) is 10.8. The second-order valence-electron chi connectivity index (χ2n) is 8.38. The second kappa shape index (κ2) is 9.75. The number of piperidine rings is 1. The van der Waals surface area contributed by atoms with Gasteiger partial charge in [0.25, 0.3) is 0 Å². The minimum Gasteiger partial charge on any atom is -0.508 e. The van der Waals surface area contributed by atoms with Crippen molar-refractivity contribution >= 4 is 16.7 Å². The number of likely N-dealkylation sites (tertiary alicyclic amines) is 1. The largest absolute Gasteiger partial charge is 0.508 e. The predicted octanol–water partition coefficient (Wildman–Crippen LogP) is 3.19. The maximum absolute atomic E-state index is 12.8. The van der Waals surface area contributed by atoms with Crippen LogP contribution >= 0.6 is 0 Å². The summed E-state index contributed by atoms with van der Waals surface area (Å²) in [6.07, 6.45) is 3.87. The molecule has 1 unspecified atom stereocenters. The van der Waals surface area contributed by atoms with E-state index in [1.807, 2.05) is 41.3 Å². The lowest BCUT2D eigenvalue weighted by Crippen LogP contribution is -2.38. The highest BCUT2D eigenvalue weighted by molar-refractivity contribution is 7.85. The lowest BCUT2D eigenvalue weighted by atomic mass is 9.90. The Labute approximate surface area is 181 Å². The van der Waals surface area contributed by atoms with Gasteiger partial charge >= 0.3 is 0 Å². The number of benzene rings is 2. The minimum absolute atomic E-state index is 0.162. The molecule has 1 N–H and O–H groups in total. The fraction of sp³-hybridized carbons (Fsp3) is 0.458. The van der Waals surface area contributed by atoms with Crippen molar-refractivity contribution in [3.05, 3.63) is 59.7 Å². The van der Waals surface area contributed by atoms with Crippen LogP contribution < -0.4 is 0 Å². The van der Waals surface area contributed by atoms with E-state index in [0.29, 0.717) is 36.9 Å². The third-order valence-electron chi connectivity index (χ3n) is 6.29. The van der Waals surface area contributed by atoms with Crippen molar-refractivity contribution in [2.75, 3.05) is 31.9 Å². The molecule has 0 radical (unpaired) electrons. The van der Waals surface area contributed by atoms with Crippen LogP contribution in [0.2, 0.25) is 0 Å². The van der Waals surface area contributed by atoms with Gasteiger partial charge < -0.3 is 14.9 Å². The summed E-state index contributed by atoms with van der Waals surface area (Å²) in [6.45, 7) is 3.99. The van der Waals surface area contributed by atoms with Crippen molar-refractivity contribution in [3.63, 3.8) is 0 Å². The lowest BCUT2D eigenvalue weighted by molar-refractivity contribution is -0.132. The molecule has 1 atom stereocenters. The Kier molecular flexibility index (Phi) is 6.85. The number of nitrogens with zero attached hydrogens (tertiary/aromatic N) is 2. The molecule has 5 nitrogen and oxygen atoms in total. The number of carbonyl (C=O) groups is 1. The standard InChI is InChI=1S/C24H30N2O3S/c27-22-7-5-19(6-8-22)17-20-9-12-25(13-10-20)14-11-24(28)26-15-16-30(29)23-4-2-1-3-21(23)18-26/h1-8,20,27H,9-18H2. The Morgan fingerprint density at radius 1 is 1.03 bits per heavy atom. The molecule has 1 fully saturated rings. The van der Waals surface area contributed by atoms with Crippen molar-refractivity contribution in [1.29, 1.82) is 0 Å². The maximum Gasteiger partial charge on any atom is 0.224 e. The van der Waals surface area contributed by atoms with E-state index >= 15 is 0 Å². The summed E-state index contributed by atoms with van der Waals surface area (Å²) in [6, 6.07) is 15.3. The molecule has 2 aromatic carbocycles. The van der Waals surface area contributed by atoms with Gasteiger partial charge in [-0.25, -0.2) is 0 Å². The molecule has 0 aromatic heterocycles. The fourth-order valence-electron chi connectivity index (χ4n) is 4.45. The van der Waals surface area contributed by atoms with E-state index in [-0.39, 0.29) is 5.91 Å². The molecule has 30 heavy (non-hydrogen) atoms. The molecule has 2 aromatic rings. The topological polar surface area (TPSA) is 60.9 Å². The normalized spacial score (nSPS) is 20.5. The van der Waals surface area contributed by atoms with Gasteiger partial charge in [0.15, 0.2) is 0 Å². The van der Waals surface area contributed by atoms with Gasteiger partial charge in [-0.2, -0.15) is 0 Å². The zero-order chi connectivity index (χ0) is 20.9. The van der Waals surface area contributed by atoms with Crippen LogP contribution in [0.5, 0.6) is 5.75 Å². The first-order valence-corrected chi connectivity index (χ1v) is 12.1. The average molecular weight is 427 g/mol. The lowest BCUT2D eigenvalue weighted by Gasteiger charge is -2.32. The second-order valence-corrected chi connectivity index (χ2v) is 9.92. The number of rotatable bonds is 5. The van der Waals surface area contributed by atoms with Crippen LogP contribution in [0, 0.1) is 5.92 Å². The van der Waals surface area contributed by atoms with E-state index in [1.54, 1.807) is 12.1 Å². The first kappa shape index (κ1) is 21.1. The third-order valence-corrected chi connectivity index (χ3v) is 7.73. The van der Waals surface area contributed by atoms with Gasteiger partial charge in [0, 0.05) is 36.7 Å². The van der Waals surface area contributed by atoms with Crippen molar-refractivity contribution in [1.82, 2.24) is 9.80 Å². The van der Waals surface area contributed by atoms with Crippen LogP contribution in [0.1, 0.15) is 30.4 Å². The number of aromatic hydroxyl groups is 1. The molecule has 0 saturated carbocycles. The summed E-state index contributed by atoms with van der Waals surface area (Å²) >= 11 is 0.